The van der Waals surface area contributed by atoms with Crippen LogP contribution in [0.25, 0.3) is 10.9 Å². The minimum Gasteiger partial charge on any atom is -0.291 e. The molecule has 0 fully saturated rings. The maximum Gasteiger partial charge on any atom is 0.268 e. The normalized spacial score (nSPS) is 11.5. The van der Waals surface area contributed by atoms with Gasteiger partial charge in [-0.25, -0.2) is 16.8 Å². The van der Waals surface area contributed by atoms with Gasteiger partial charge in [-0.1, -0.05) is 17.7 Å². The van der Waals surface area contributed by atoms with Gasteiger partial charge < -0.3 is 0 Å². The third kappa shape index (κ3) is 3.04. The summed E-state index contributed by atoms with van der Waals surface area (Å²) in [6, 6.07) is 11.6. The molecule has 0 saturated heterocycles. The molecule has 0 aliphatic rings. The Labute approximate surface area is 157 Å². The van der Waals surface area contributed by atoms with E-state index in [0.29, 0.717) is 5.39 Å². The number of hydrogen-bond donors (Lipinski definition) is 0. The van der Waals surface area contributed by atoms with Crippen LogP contribution in [0.1, 0.15) is 22.5 Å². The fourth-order valence-electron chi connectivity index (χ4n) is 2.61. The molecular weight excluding hydrogens is 423 g/mol. The van der Waals surface area contributed by atoms with Gasteiger partial charge in [0.15, 0.2) is 5.78 Å². The zero-order valence-corrected chi connectivity index (χ0v) is 15.9. The molecule has 26 heavy (non-hydrogen) atoms. The van der Waals surface area contributed by atoms with Crippen LogP contribution >= 0.6 is 15.9 Å². The van der Waals surface area contributed by atoms with Crippen LogP contribution in [0.2, 0.25) is 0 Å². The number of rotatable bonds is 4. The van der Waals surface area contributed by atoms with Gasteiger partial charge in [0.1, 0.15) is 17.9 Å². The van der Waals surface area contributed by atoms with Gasteiger partial charge in [0.2, 0.25) is 0 Å². The third-order valence-corrected chi connectivity index (χ3v) is 6.23. The number of Topliss-reactive ketones (excluding diaryl/α,β-unsaturated/α-hetero) is 1. The van der Waals surface area contributed by atoms with Gasteiger partial charge >= 0.3 is 0 Å². The predicted octanol–water partition coefficient (Wildman–Crippen LogP) is 4.18. The van der Waals surface area contributed by atoms with Crippen LogP contribution in [0.5, 0.6) is 0 Å². The molecule has 0 N–H and O–H groups in total. The zero-order valence-electron chi connectivity index (χ0n) is 13.5. The molecule has 2 aromatic carbocycles. The Morgan fingerprint density at radius 3 is 2.50 bits per heavy atom. The Bertz CT molecular complexity index is 1180. The number of carbonyl (C=O) groups is 1. The first kappa shape index (κ1) is 18.3. The maximum atomic E-state index is 14.0. The van der Waals surface area contributed by atoms with Gasteiger partial charge in [0, 0.05) is 11.5 Å². The highest BCUT2D eigenvalue weighted by Crippen LogP contribution is 2.30. The average Bonchev–Trinajstić information content (AvgIpc) is 2.95. The van der Waals surface area contributed by atoms with Crippen molar-refractivity contribution in [2.24, 2.45) is 0 Å². The molecule has 1 aromatic heterocycles. The van der Waals surface area contributed by atoms with Crippen molar-refractivity contribution in [2.45, 2.75) is 18.2 Å². The van der Waals surface area contributed by atoms with Gasteiger partial charge in [0.05, 0.1) is 21.0 Å². The maximum absolute atomic E-state index is 14.0. The third-order valence-electron chi connectivity index (χ3n) is 3.88. The van der Waals surface area contributed by atoms with Crippen molar-refractivity contribution in [1.29, 1.82) is 5.26 Å². The Balaban J connectivity index is 2.37. The van der Waals surface area contributed by atoms with Gasteiger partial charge in [0.25, 0.3) is 10.0 Å². The first-order valence-electron chi connectivity index (χ1n) is 7.48. The quantitative estimate of drug-likeness (QED) is 0.576. The van der Waals surface area contributed by atoms with Crippen LogP contribution in [-0.2, 0) is 10.0 Å². The summed E-state index contributed by atoms with van der Waals surface area (Å²) in [7, 11) is -4.16. The number of nitrogens with zero attached hydrogens (tertiary/aromatic N) is 2. The first-order valence-corrected chi connectivity index (χ1v) is 9.72. The summed E-state index contributed by atoms with van der Waals surface area (Å²) < 4.78 is 41.3. The molecule has 5 nitrogen and oxygen atoms in total. The highest BCUT2D eigenvalue weighted by atomic mass is 79.9. The van der Waals surface area contributed by atoms with Crippen molar-refractivity contribution in [2.75, 3.05) is 0 Å². The summed E-state index contributed by atoms with van der Waals surface area (Å²) in [5.74, 6) is -1.31. The number of ketones is 1. The minimum atomic E-state index is -4.16. The van der Waals surface area contributed by atoms with E-state index in [1.54, 1.807) is 18.2 Å². The molecule has 132 valence electrons. The summed E-state index contributed by atoms with van der Waals surface area (Å²) in [6.45, 7) is 1.82. The van der Waals surface area contributed by atoms with E-state index in [4.69, 9.17) is 5.26 Å². The SMILES string of the molecule is Cc1ccc(S(=O)(=O)n2c(C(=O)CC#N)cc3cc(Br)c(F)cc32)cc1. The van der Waals surface area contributed by atoms with Gasteiger partial charge in [-0.3, -0.25) is 4.79 Å². The van der Waals surface area contributed by atoms with Crippen molar-refractivity contribution in [3.05, 3.63) is 64.0 Å². The molecule has 3 rings (SSSR count). The van der Waals surface area contributed by atoms with Crippen LogP contribution in [-0.4, -0.2) is 18.2 Å². The second-order valence-electron chi connectivity index (χ2n) is 5.70. The number of nitriles is 1. The number of aromatic nitrogens is 1. The van der Waals surface area contributed by atoms with Crippen molar-refractivity contribution in [3.63, 3.8) is 0 Å². The number of carbonyl (C=O) groups excluding carboxylic acids is 1. The number of fused-ring (bicyclic) bond motifs is 1. The van der Waals surface area contributed by atoms with Crippen molar-refractivity contribution >= 4 is 42.6 Å². The lowest BCUT2D eigenvalue weighted by molar-refractivity contribution is 0.0992. The van der Waals surface area contributed by atoms with E-state index in [-0.39, 0.29) is 20.6 Å². The lowest BCUT2D eigenvalue weighted by Gasteiger charge is -2.11. The molecule has 8 heteroatoms. The molecule has 0 atom stereocenters. The van der Waals surface area contributed by atoms with Gasteiger partial charge in [-0.15, -0.1) is 0 Å². The van der Waals surface area contributed by atoms with Gasteiger partial charge in [-0.05, 0) is 47.1 Å². The Hall–Kier alpha value is -2.50. The predicted molar refractivity (Wildman–Crippen MR) is 97.9 cm³/mol. The fourth-order valence-corrected chi connectivity index (χ4v) is 4.49. The van der Waals surface area contributed by atoms with Crippen molar-refractivity contribution in [1.82, 2.24) is 3.97 Å². The van der Waals surface area contributed by atoms with Crippen molar-refractivity contribution in [3.8, 4) is 6.07 Å². The van der Waals surface area contributed by atoms with Gasteiger partial charge in [-0.2, -0.15) is 5.26 Å². The summed E-state index contributed by atoms with van der Waals surface area (Å²) in [5, 5.41) is 9.18. The molecule has 0 unspecified atom stereocenters. The molecule has 0 spiro atoms. The van der Waals surface area contributed by atoms with E-state index in [9.17, 15) is 17.6 Å². The second kappa shape index (κ2) is 6.67. The second-order valence-corrected chi connectivity index (χ2v) is 8.34. The topological polar surface area (TPSA) is 79.9 Å². The van der Waals surface area contributed by atoms with Crippen LogP contribution in [0.15, 0.2) is 51.8 Å². The molecule has 3 aromatic rings. The summed E-state index contributed by atoms with van der Waals surface area (Å²) in [5.41, 5.74) is 0.726. The van der Waals surface area contributed by atoms with E-state index in [1.165, 1.54) is 24.3 Å². The van der Waals surface area contributed by atoms with Crippen LogP contribution in [0.3, 0.4) is 0 Å². The molecule has 0 amide bonds. The number of benzene rings is 2. The summed E-state index contributed by atoms with van der Waals surface area (Å²) in [6.07, 6.45) is -0.483. The largest absolute Gasteiger partial charge is 0.291 e. The monoisotopic (exact) mass is 434 g/mol. The fraction of sp³-hybridized carbons (Fsp3) is 0.111. The lowest BCUT2D eigenvalue weighted by atomic mass is 10.2. The first-order chi connectivity index (χ1) is 12.3. The number of halogens is 2. The molecule has 0 aliphatic heterocycles. The molecule has 0 bridgehead atoms. The molecule has 0 aliphatic carbocycles. The highest BCUT2D eigenvalue weighted by molar-refractivity contribution is 9.10. The van der Waals surface area contributed by atoms with E-state index in [0.717, 1.165) is 15.6 Å². The van der Waals surface area contributed by atoms with Crippen LogP contribution in [0.4, 0.5) is 4.39 Å². The Kier molecular flexibility index (Phi) is 4.69. The Morgan fingerprint density at radius 1 is 1.23 bits per heavy atom. The van der Waals surface area contributed by atoms with Crippen LogP contribution in [0, 0.1) is 24.1 Å². The highest BCUT2D eigenvalue weighted by Gasteiger charge is 2.27. The molecule has 0 saturated carbocycles. The zero-order chi connectivity index (χ0) is 19.1. The van der Waals surface area contributed by atoms with E-state index in [2.05, 4.69) is 15.9 Å². The average molecular weight is 435 g/mol. The van der Waals surface area contributed by atoms with Crippen LogP contribution < -0.4 is 0 Å². The summed E-state index contributed by atoms with van der Waals surface area (Å²) in [4.78, 5) is 12.3. The molecular formula is C18H12BrFN2O3S. The van der Waals surface area contributed by atoms with E-state index in [1.807, 2.05) is 6.92 Å². The van der Waals surface area contributed by atoms with Crippen molar-refractivity contribution < 1.29 is 17.6 Å². The minimum absolute atomic E-state index is 0.0325. The van der Waals surface area contributed by atoms with E-state index < -0.39 is 28.0 Å². The summed E-state index contributed by atoms with van der Waals surface area (Å²) >= 11 is 3.05. The molecule has 0 radical (unpaired) electrons. The number of aryl methyl sites for hydroxylation is 1. The molecule has 1 heterocycles. The Morgan fingerprint density at radius 2 is 1.88 bits per heavy atom. The number of hydrogen-bond acceptors (Lipinski definition) is 4. The smallest absolute Gasteiger partial charge is 0.268 e. The standard InChI is InChI=1S/C18H12BrFN2O3S/c1-11-2-4-13(5-3-11)26(24,25)22-16-10-15(20)14(19)8-12(16)9-17(22)18(23)6-7-21/h2-5,8-10H,6H2,1H3. The lowest BCUT2D eigenvalue weighted by Crippen LogP contribution is -2.18. The van der Waals surface area contributed by atoms with E-state index >= 15 is 0 Å².